The number of anilines is 2. The standard InChI is InChI=1S/C23H27N5O/c1-5-19-8-6-7-16(2)22(19)27-23(29)20-15-21(26-17(3)25-20)28(4)14-11-18-9-12-24-13-10-18/h6-10,12-13,15H,5,11,14H2,1-4H3,(H,27,29). The third-order valence-electron chi connectivity index (χ3n) is 4.91. The van der Waals surface area contributed by atoms with Gasteiger partial charge in [-0.3, -0.25) is 9.78 Å². The van der Waals surface area contributed by atoms with Crippen molar-refractivity contribution >= 4 is 17.4 Å². The number of hydrogen-bond donors (Lipinski definition) is 1. The van der Waals surface area contributed by atoms with E-state index in [-0.39, 0.29) is 5.91 Å². The number of pyridine rings is 1. The van der Waals surface area contributed by atoms with Crippen LogP contribution in [0.15, 0.2) is 48.8 Å². The topological polar surface area (TPSA) is 71.0 Å². The fourth-order valence-corrected chi connectivity index (χ4v) is 3.20. The number of carbonyl (C=O) groups is 1. The molecule has 3 rings (SSSR count). The Labute approximate surface area is 172 Å². The molecule has 0 atom stereocenters. The molecule has 3 aromatic rings. The van der Waals surface area contributed by atoms with Gasteiger partial charge in [0, 0.05) is 37.7 Å². The normalized spacial score (nSPS) is 10.6. The van der Waals surface area contributed by atoms with E-state index in [1.165, 1.54) is 5.56 Å². The van der Waals surface area contributed by atoms with Crippen molar-refractivity contribution in [3.05, 3.63) is 77.0 Å². The Bertz CT molecular complexity index is 988. The van der Waals surface area contributed by atoms with E-state index < -0.39 is 0 Å². The minimum absolute atomic E-state index is 0.219. The Morgan fingerprint density at radius 2 is 1.86 bits per heavy atom. The van der Waals surface area contributed by atoms with Crippen LogP contribution in [0.1, 0.15) is 39.9 Å². The van der Waals surface area contributed by atoms with Gasteiger partial charge in [0.2, 0.25) is 0 Å². The maximum Gasteiger partial charge on any atom is 0.274 e. The zero-order valence-corrected chi connectivity index (χ0v) is 17.4. The van der Waals surface area contributed by atoms with Gasteiger partial charge in [-0.05, 0) is 55.5 Å². The van der Waals surface area contributed by atoms with Crippen molar-refractivity contribution < 1.29 is 4.79 Å². The number of nitrogens with one attached hydrogen (secondary N) is 1. The lowest BCUT2D eigenvalue weighted by Gasteiger charge is -2.19. The highest BCUT2D eigenvalue weighted by atomic mass is 16.1. The summed E-state index contributed by atoms with van der Waals surface area (Å²) in [7, 11) is 1.97. The molecule has 6 heteroatoms. The van der Waals surface area contributed by atoms with Crippen LogP contribution in [-0.2, 0) is 12.8 Å². The van der Waals surface area contributed by atoms with E-state index in [9.17, 15) is 4.79 Å². The van der Waals surface area contributed by atoms with Gasteiger partial charge < -0.3 is 10.2 Å². The molecular weight excluding hydrogens is 362 g/mol. The van der Waals surface area contributed by atoms with Gasteiger partial charge in [-0.1, -0.05) is 25.1 Å². The molecule has 0 radical (unpaired) electrons. The molecule has 0 aliphatic carbocycles. The molecule has 0 saturated heterocycles. The predicted octanol–water partition coefficient (Wildman–Crippen LogP) is 3.98. The molecule has 0 unspecified atom stereocenters. The fourth-order valence-electron chi connectivity index (χ4n) is 3.20. The summed E-state index contributed by atoms with van der Waals surface area (Å²) in [5.41, 5.74) is 4.59. The Balaban J connectivity index is 1.77. The highest BCUT2D eigenvalue weighted by Gasteiger charge is 2.15. The molecule has 1 aromatic carbocycles. The molecule has 29 heavy (non-hydrogen) atoms. The number of benzene rings is 1. The van der Waals surface area contributed by atoms with Crippen molar-refractivity contribution in [1.29, 1.82) is 0 Å². The van der Waals surface area contributed by atoms with Crippen LogP contribution < -0.4 is 10.2 Å². The zero-order valence-electron chi connectivity index (χ0n) is 17.4. The second kappa shape index (κ2) is 9.28. The summed E-state index contributed by atoms with van der Waals surface area (Å²) >= 11 is 0. The van der Waals surface area contributed by atoms with E-state index in [1.807, 2.05) is 56.1 Å². The number of rotatable bonds is 7. The molecule has 0 fully saturated rings. The summed E-state index contributed by atoms with van der Waals surface area (Å²) in [5, 5.41) is 3.04. The van der Waals surface area contributed by atoms with Crippen LogP contribution in [-0.4, -0.2) is 34.5 Å². The molecule has 1 amide bonds. The average molecular weight is 390 g/mol. The van der Waals surface area contributed by atoms with Crippen LogP contribution in [0.3, 0.4) is 0 Å². The first kappa shape index (κ1) is 20.5. The zero-order chi connectivity index (χ0) is 20.8. The second-order valence-corrected chi connectivity index (χ2v) is 7.10. The smallest absolute Gasteiger partial charge is 0.274 e. The van der Waals surface area contributed by atoms with Gasteiger partial charge in [0.05, 0.1) is 0 Å². The van der Waals surface area contributed by atoms with Crippen molar-refractivity contribution in [3.63, 3.8) is 0 Å². The minimum atomic E-state index is -0.219. The maximum absolute atomic E-state index is 12.9. The third-order valence-corrected chi connectivity index (χ3v) is 4.91. The summed E-state index contributed by atoms with van der Waals surface area (Å²) < 4.78 is 0. The van der Waals surface area contributed by atoms with Crippen LogP contribution >= 0.6 is 0 Å². The Kier molecular flexibility index (Phi) is 6.54. The number of aromatic nitrogens is 3. The highest BCUT2D eigenvalue weighted by Crippen LogP contribution is 2.22. The number of likely N-dealkylation sites (N-methyl/N-ethyl adjacent to an activating group) is 1. The van der Waals surface area contributed by atoms with E-state index in [4.69, 9.17) is 0 Å². The lowest BCUT2D eigenvalue weighted by Crippen LogP contribution is -2.23. The Hall–Kier alpha value is -3.28. The SMILES string of the molecule is CCc1cccc(C)c1NC(=O)c1cc(N(C)CCc2ccncc2)nc(C)n1. The molecule has 0 saturated carbocycles. The van der Waals surface area contributed by atoms with Crippen molar-refractivity contribution in [3.8, 4) is 0 Å². The molecule has 6 nitrogen and oxygen atoms in total. The minimum Gasteiger partial charge on any atom is -0.359 e. The maximum atomic E-state index is 12.9. The van der Waals surface area contributed by atoms with Crippen molar-refractivity contribution in [1.82, 2.24) is 15.0 Å². The average Bonchev–Trinajstić information content (AvgIpc) is 2.73. The first-order valence-electron chi connectivity index (χ1n) is 9.83. The van der Waals surface area contributed by atoms with Gasteiger partial charge in [0.1, 0.15) is 17.3 Å². The van der Waals surface area contributed by atoms with Gasteiger partial charge in [-0.25, -0.2) is 9.97 Å². The number of carbonyl (C=O) groups excluding carboxylic acids is 1. The predicted molar refractivity (Wildman–Crippen MR) is 116 cm³/mol. The first-order valence-corrected chi connectivity index (χ1v) is 9.83. The van der Waals surface area contributed by atoms with Crippen LogP contribution in [0.2, 0.25) is 0 Å². The number of nitrogens with zero attached hydrogens (tertiary/aromatic N) is 4. The Morgan fingerprint density at radius 3 is 2.59 bits per heavy atom. The molecular formula is C23H27N5O. The lowest BCUT2D eigenvalue weighted by molar-refractivity contribution is 0.102. The first-order chi connectivity index (χ1) is 14.0. The summed E-state index contributed by atoms with van der Waals surface area (Å²) in [6.45, 7) is 6.66. The van der Waals surface area contributed by atoms with E-state index >= 15 is 0 Å². The Morgan fingerprint density at radius 1 is 1.10 bits per heavy atom. The second-order valence-electron chi connectivity index (χ2n) is 7.10. The quantitative estimate of drug-likeness (QED) is 0.662. The van der Waals surface area contributed by atoms with Gasteiger partial charge in [-0.15, -0.1) is 0 Å². The number of hydrogen-bond acceptors (Lipinski definition) is 5. The third kappa shape index (κ3) is 5.16. The summed E-state index contributed by atoms with van der Waals surface area (Å²) in [4.78, 5) is 27.9. The van der Waals surface area contributed by atoms with Crippen LogP contribution in [0.4, 0.5) is 11.5 Å². The van der Waals surface area contributed by atoms with E-state index in [0.717, 1.165) is 42.0 Å². The van der Waals surface area contributed by atoms with Gasteiger partial charge in [0.15, 0.2) is 0 Å². The number of amides is 1. The van der Waals surface area contributed by atoms with E-state index in [1.54, 1.807) is 18.5 Å². The van der Waals surface area contributed by atoms with E-state index in [0.29, 0.717) is 11.5 Å². The number of aryl methyl sites for hydroxylation is 3. The van der Waals surface area contributed by atoms with Crippen molar-refractivity contribution in [2.45, 2.75) is 33.6 Å². The molecule has 0 spiro atoms. The van der Waals surface area contributed by atoms with Gasteiger partial charge >= 0.3 is 0 Å². The van der Waals surface area contributed by atoms with Crippen LogP contribution in [0.5, 0.6) is 0 Å². The largest absolute Gasteiger partial charge is 0.359 e. The molecule has 1 N–H and O–H groups in total. The van der Waals surface area contributed by atoms with E-state index in [2.05, 4.69) is 27.2 Å². The summed E-state index contributed by atoms with van der Waals surface area (Å²) in [6.07, 6.45) is 5.31. The molecule has 0 aliphatic heterocycles. The molecule has 150 valence electrons. The fraction of sp³-hybridized carbons (Fsp3) is 0.304. The highest BCUT2D eigenvalue weighted by molar-refractivity contribution is 6.04. The van der Waals surface area contributed by atoms with Crippen LogP contribution in [0, 0.1) is 13.8 Å². The molecule has 0 aliphatic rings. The van der Waals surface area contributed by atoms with Crippen LogP contribution in [0.25, 0.3) is 0 Å². The summed E-state index contributed by atoms with van der Waals surface area (Å²) in [6, 6.07) is 11.8. The van der Waals surface area contributed by atoms with Gasteiger partial charge in [0.25, 0.3) is 5.91 Å². The van der Waals surface area contributed by atoms with Crippen molar-refractivity contribution in [2.75, 3.05) is 23.8 Å². The molecule has 2 heterocycles. The number of para-hydroxylation sites is 1. The molecule has 2 aromatic heterocycles. The summed E-state index contributed by atoms with van der Waals surface area (Å²) in [5.74, 6) is 1.09. The lowest BCUT2D eigenvalue weighted by atomic mass is 10.1. The molecule has 0 bridgehead atoms. The van der Waals surface area contributed by atoms with Gasteiger partial charge in [-0.2, -0.15) is 0 Å². The van der Waals surface area contributed by atoms with Crippen molar-refractivity contribution in [2.24, 2.45) is 0 Å². The monoisotopic (exact) mass is 389 g/mol.